The number of guanidine groups is 1. The van der Waals surface area contributed by atoms with Crippen molar-refractivity contribution in [1.82, 2.24) is 15.6 Å². The van der Waals surface area contributed by atoms with Crippen molar-refractivity contribution in [2.75, 3.05) is 39.2 Å². The molecule has 1 aromatic rings. The van der Waals surface area contributed by atoms with E-state index in [4.69, 9.17) is 4.74 Å². The minimum atomic E-state index is 0. The monoisotopic (exact) mass is 495 g/mol. The van der Waals surface area contributed by atoms with Gasteiger partial charge in [-0.05, 0) is 18.3 Å². The molecule has 1 saturated heterocycles. The van der Waals surface area contributed by atoms with Crippen LogP contribution in [-0.4, -0.2) is 51.3 Å². The van der Waals surface area contributed by atoms with Crippen LogP contribution in [0.4, 0.5) is 5.13 Å². The Kier molecular flexibility index (Phi) is 9.60. The van der Waals surface area contributed by atoms with Crippen LogP contribution >= 0.6 is 35.3 Å². The Morgan fingerprint density at radius 2 is 2.12 bits per heavy atom. The molecule has 2 N–H and O–H groups in total. The van der Waals surface area contributed by atoms with Crippen molar-refractivity contribution in [3.8, 4) is 0 Å². The van der Waals surface area contributed by atoms with Gasteiger partial charge in [-0.15, -0.1) is 35.3 Å². The Labute approximate surface area is 179 Å². The fourth-order valence-electron chi connectivity index (χ4n) is 3.22. The topological polar surface area (TPSA) is 61.8 Å². The van der Waals surface area contributed by atoms with Gasteiger partial charge in [0.05, 0.1) is 18.3 Å². The number of aliphatic imine (C=N–C) groups is 1. The molecular weight excluding hydrogens is 461 g/mol. The molecule has 1 aromatic heterocycles. The third kappa shape index (κ3) is 6.84. The molecule has 0 radical (unpaired) electrons. The maximum Gasteiger partial charge on any atom is 0.191 e. The van der Waals surface area contributed by atoms with Gasteiger partial charge >= 0.3 is 0 Å². The molecule has 8 heteroatoms. The third-order valence-electron chi connectivity index (χ3n) is 4.41. The lowest BCUT2D eigenvalue weighted by atomic mass is 9.78. The van der Waals surface area contributed by atoms with Crippen LogP contribution in [-0.2, 0) is 11.3 Å². The molecule has 1 aliphatic heterocycles. The summed E-state index contributed by atoms with van der Waals surface area (Å²) in [6, 6.07) is 0. The van der Waals surface area contributed by atoms with Crippen molar-refractivity contribution < 1.29 is 4.74 Å². The molecule has 1 aliphatic rings. The van der Waals surface area contributed by atoms with Crippen molar-refractivity contribution in [2.24, 2.45) is 16.3 Å². The predicted molar refractivity (Wildman–Crippen MR) is 122 cm³/mol. The van der Waals surface area contributed by atoms with E-state index in [1.54, 1.807) is 18.4 Å². The van der Waals surface area contributed by atoms with Crippen molar-refractivity contribution in [2.45, 2.75) is 46.3 Å². The van der Waals surface area contributed by atoms with Crippen LogP contribution in [0.25, 0.3) is 0 Å². The molecule has 2 heterocycles. The van der Waals surface area contributed by atoms with Crippen molar-refractivity contribution in [3.05, 3.63) is 11.1 Å². The maximum absolute atomic E-state index is 6.06. The molecular formula is C18H34IN5OS. The van der Waals surface area contributed by atoms with Gasteiger partial charge in [0.1, 0.15) is 0 Å². The summed E-state index contributed by atoms with van der Waals surface area (Å²) in [4.78, 5) is 10.9. The van der Waals surface area contributed by atoms with E-state index in [2.05, 4.69) is 46.8 Å². The fraction of sp³-hybridized carbons (Fsp3) is 0.778. The number of anilines is 1. The Balaban J connectivity index is 0.00000338. The number of nitrogens with one attached hydrogen (secondary N) is 2. The molecule has 6 nitrogen and oxygen atoms in total. The van der Waals surface area contributed by atoms with Crippen molar-refractivity contribution in [1.29, 1.82) is 0 Å². The van der Waals surface area contributed by atoms with Gasteiger partial charge in [-0.3, -0.25) is 4.99 Å². The minimum absolute atomic E-state index is 0. The van der Waals surface area contributed by atoms with Crippen LogP contribution in [0.15, 0.2) is 10.4 Å². The van der Waals surface area contributed by atoms with Crippen LogP contribution in [0.5, 0.6) is 0 Å². The number of nitrogens with zero attached hydrogens (tertiary/aromatic N) is 3. The van der Waals surface area contributed by atoms with Gasteiger partial charge in [-0.2, -0.15) is 0 Å². The highest BCUT2D eigenvalue weighted by Gasteiger charge is 2.35. The Bertz CT molecular complexity index is 570. The summed E-state index contributed by atoms with van der Waals surface area (Å²) in [5.41, 5.74) is 1.19. The molecule has 0 bridgehead atoms. The zero-order valence-electron chi connectivity index (χ0n) is 16.8. The smallest absolute Gasteiger partial charge is 0.191 e. The lowest BCUT2D eigenvalue weighted by molar-refractivity contribution is -0.0835. The lowest BCUT2D eigenvalue weighted by Crippen LogP contribution is -2.47. The zero-order chi connectivity index (χ0) is 18.4. The molecule has 150 valence electrons. The van der Waals surface area contributed by atoms with Crippen LogP contribution in [0.1, 0.15) is 39.3 Å². The summed E-state index contributed by atoms with van der Waals surface area (Å²) in [6.07, 6.45) is 2.62. The molecule has 0 spiro atoms. The number of aromatic nitrogens is 1. The maximum atomic E-state index is 6.06. The zero-order valence-corrected chi connectivity index (χ0v) is 20.0. The van der Waals surface area contributed by atoms with Gasteiger partial charge in [0, 0.05) is 45.6 Å². The van der Waals surface area contributed by atoms with E-state index < -0.39 is 0 Å². The van der Waals surface area contributed by atoms with E-state index in [1.165, 1.54) is 6.42 Å². The first-order valence-electron chi connectivity index (χ1n) is 8.99. The van der Waals surface area contributed by atoms with E-state index in [9.17, 15) is 0 Å². The fourth-order valence-corrected chi connectivity index (χ4v) is 3.97. The van der Waals surface area contributed by atoms with E-state index in [-0.39, 0.29) is 35.5 Å². The number of hydrogen-bond donors (Lipinski definition) is 2. The summed E-state index contributed by atoms with van der Waals surface area (Å²) in [7, 11) is 5.82. The molecule has 0 amide bonds. The average Bonchev–Trinajstić information content (AvgIpc) is 3.04. The second kappa shape index (κ2) is 10.7. The molecule has 26 heavy (non-hydrogen) atoms. The standard InChI is InChI=1S/C18H33N5OS.HI/c1-18(2,3)15-13(8-7-9-24-15)10-20-16(19-4)21-11-14-12-25-17(22-14)23(5)6;/h12-13,15H,7-11H2,1-6H3,(H2,19,20,21);1H. The molecule has 0 aliphatic carbocycles. The number of thiazole rings is 1. The van der Waals surface area contributed by atoms with E-state index >= 15 is 0 Å². The van der Waals surface area contributed by atoms with Gasteiger partial charge in [-0.1, -0.05) is 20.8 Å². The van der Waals surface area contributed by atoms with Gasteiger partial charge in [-0.25, -0.2) is 4.98 Å². The first-order valence-corrected chi connectivity index (χ1v) is 9.87. The lowest BCUT2D eigenvalue weighted by Gasteiger charge is -2.40. The molecule has 0 saturated carbocycles. The molecule has 2 unspecified atom stereocenters. The number of halogens is 1. The van der Waals surface area contributed by atoms with Crippen LogP contribution in [0.3, 0.4) is 0 Å². The van der Waals surface area contributed by atoms with Crippen molar-refractivity contribution in [3.63, 3.8) is 0 Å². The summed E-state index contributed by atoms with van der Waals surface area (Å²) in [6.45, 7) is 9.20. The first-order chi connectivity index (χ1) is 11.8. The van der Waals surface area contributed by atoms with Crippen LogP contribution in [0, 0.1) is 11.3 Å². The van der Waals surface area contributed by atoms with Gasteiger partial charge in [0.25, 0.3) is 0 Å². The Morgan fingerprint density at radius 1 is 1.38 bits per heavy atom. The SMILES string of the molecule is CN=C(NCc1csc(N(C)C)n1)NCC1CCCOC1C(C)(C)C.I. The summed E-state index contributed by atoms with van der Waals surface area (Å²) >= 11 is 1.65. The predicted octanol–water partition coefficient (Wildman–Crippen LogP) is 3.33. The third-order valence-corrected chi connectivity index (χ3v) is 5.47. The van der Waals surface area contributed by atoms with Gasteiger partial charge < -0.3 is 20.3 Å². The second-order valence-corrected chi connectivity index (χ2v) is 8.72. The Morgan fingerprint density at radius 3 is 2.69 bits per heavy atom. The molecule has 2 rings (SSSR count). The summed E-state index contributed by atoms with van der Waals surface area (Å²) in [5.74, 6) is 1.32. The second-order valence-electron chi connectivity index (χ2n) is 7.88. The Hall–Kier alpha value is -0.610. The van der Waals surface area contributed by atoms with Gasteiger partial charge in [0.15, 0.2) is 11.1 Å². The van der Waals surface area contributed by atoms with E-state index in [1.807, 2.05) is 19.0 Å². The highest BCUT2D eigenvalue weighted by Crippen LogP contribution is 2.33. The molecule has 1 fully saturated rings. The number of rotatable bonds is 5. The highest BCUT2D eigenvalue weighted by atomic mass is 127. The minimum Gasteiger partial charge on any atom is -0.377 e. The van der Waals surface area contributed by atoms with Crippen LogP contribution < -0.4 is 15.5 Å². The van der Waals surface area contributed by atoms with E-state index in [0.717, 1.165) is 36.4 Å². The summed E-state index contributed by atoms with van der Waals surface area (Å²) in [5, 5.41) is 9.92. The first kappa shape index (κ1) is 23.4. The highest BCUT2D eigenvalue weighted by molar-refractivity contribution is 14.0. The average molecular weight is 495 g/mol. The normalized spacial score (nSPS) is 21.1. The largest absolute Gasteiger partial charge is 0.377 e. The molecule has 0 aromatic carbocycles. The van der Waals surface area contributed by atoms with E-state index in [0.29, 0.717) is 12.5 Å². The molecule has 2 atom stereocenters. The van der Waals surface area contributed by atoms with Gasteiger partial charge in [0.2, 0.25) is 0 Å². The summed E-state index contributed by atoms with van der Waals surface area (Å²) < 4.78 is 6.06. The number of ether oxygens (including phenoxy) is 1. The van der Waals surface area contributed by atoms with Crippen molar-refractivity contribution >= 4 is 46.4 Å². The number of hydrogen-bond acceptors (Lipinski definition) is 5. The van der Waals surface area contributed by atoms with Crippen LogP contribution in [0.2, 0.25) is 0 Å². The quantitative estimate of drug-likeness (QED) is 0.373.